The van der Waals surface area contributed by atoms with Crippen molar-refractivity contribution in [2.45, 2.75) is 19.9 Å². The van der Waals surface area contributed by atoms with Gasteiger partial charge in [-0.15, -0.1) is 0 Å². The van der Waals surface area contributed by atoms with Gasteiger partial charge in [0.15, 0.2) is 5.65 Å². The van der Waals surface area contributed by atoms with E-state index in [-0.39, 0.29) is 6.61 Å². The molecule has 1 N–H and O–H groups in total. The average Bonchev–Trinajstić information content (AvgIpc) is 2.85. The van der Waals surface area contributed by atoms with Gasteiger partial charge in [0.25, 0.3) is 0 Å². The Hall–Kier alpha value is -2.40. The lowest BCUT2D eigenvalue weighted by molar-refractivity contribution is 0.276. The molecule has 0 amide bonds. The largest absolute Gasteiger partial charge is 0.497 e. The highest BCUT2D eigenvalue weighted by molar-refractivity contribution is 5.72. The molecule has 22 heavy (non-hydrogen) atoms. The van der Waals surface area contributed by atoms with Crippen molar-refractivity contribution in [1.82, 2.24) is 14.5 Å². The van der Waals surface area contributed by atoms with Gasteiger partial charge in [0.2, 0.25) is 0 Å². The second-order valence-corrected chi connectivity index (χ2v) is 5.28. The summed E-state index contributed by atoms with van der Waals surface area (Å²) in [5.74, 6) is 1.75. The summed E-state index contributed by atoms with van der Waals surface area (Å²) in [5, 5.41) is 9.32. The van der Waals surface area contributed by atoms with Crippen molar-refractivity contribution in [3.63, 3.8) is 0 Å². The molecule has 5 heteroatoms. The first-order chi connectivity index (χ1) is 10.7. The molecule has 2 heterocycles. The lowest BCUT2D eigenvalue weighted by atomic mass is 10.1. The number of methoxy groups -OCH3 is 1. The maximum absolute atomic E-state index is 9.32. The number of hydrogen-bond acceptors (Lipinski definition) is 4. The molecule has 0 aliphatic rings. The number of aliphatic hydroxyl groups is 1. The van der Waals surface area contributed by atoms with Gasteiger partial charge in [-0.2, -0.15) is 0 Å². The Morgan fingerprint density at radius 3 is 2.68 bits per heavy atom. The van der Waals surface area contributed by atoms with Gasteiger partial charge in [-0.3, -0.25) is 0 Å². The summed E-state index contributed by atoms with van der Waals surface area (Å²) in [6, 6.07) is 9.96. The SMILES string of the molecule is COc1ccc(Cc2nc3cc(C)cnc3n2CCO)cc1. The molecule has 0 unspecified atom stereocenters. The lowest BCUT2D eigenvalue weighted by Gasteiger charge is -2.07. The summed E-state index contributed by atoms with van der Waals surface area (Å²) < 4.78 is 7.16. The molecule has 0 atom stereocenters. The number of nitrogens with zero attached hydrogens (tertiary/aromatic N) is 3. The van der Waals surface area contributed by atoms with Crippen molar-refractivity contribution in [1.29, 1.82) is 0 Å². The van der Waals surface area contributed by atoms with E-state index in [4.69, 9.17) is 4.74 Å². The first kappa shape index (κ1) is 14.5. The molecule has 0 bridgehead atoms. The molecule has 5 nitrogen and oxygen atoms in total. The van der Waals surface area contributed by atoms with Crippen molar-refractivity contribution in [2.75, 3.05) is 13.7 Å². The van der Waals surface area contributed by atoms with E-state index in [1.165, 1.54) is 0 Å². The zero-order valence-corrected chi connectivity index (χ0v) is 12.8. The summed E-state index contributed by atoms with van der Waals surface area (Å²) in [7, 11) is 1.66. The van der Waals surface area contributed by atoms with E-state index < -0.39 is 0 Å². The first-order valence-corrected chi connectivity index (χ1v) is 7.27. The molecule has 1 aromatic carbocycles. The van der Waals surface area contributed by atoms with Crippen molar-refractivity contribution >= 4 is 11.2 Å². The fourth-order valence-electron chi connectivity index (χ4n) is 2.55. The number of imidazole rings is 1. The maximum atomic E-state index is 9.32. The minimum Gasteiger partial charge on any atom is -0.497 e. The highest BCUT2D eigenvalue weighted by atomic mass is 16.5. The van der Waals surface area contributed by atoms with E-state index in [0.29, 0.717) is 13.0 Å². The van der Waals surface area contributed by atoms with Gasteiger partial charge in [0.05, 0.1) is 13.7 Å². The zero-order chi connectivity index (χ0) is 15.5. The molecule has 2 aromatic heterocycles. The quantitative estimate of drug-likeness (QED) is 0.785. The standard InChI is InChI=1S/C17H19N3O2/c1-12-9-15-17(18-11-12)20(7-8-21)16(19-15)10-13-3-5-14(22-2)6-4-13/h3-6,9,11,21H,7-8,10H2,1-2H3. The number of hydrogen-bond donors (Lipinski definition) is 1. The van der Waals surface area contributed by atoms with E-state index in [0.717, 1.165) is 33.9 Å². The average molecular weight is 297 g/mol. The van der Waals surface area contributed by atoms with Crippen LogP contribution >= 0.6 is 0 Å². The van der Waals surface area contributed by atoms with E-state index in [2.05, 4.69) is 9.97 Å². The third-order valence-corrected chi connectivity index (χ3v) is 3.65. The van der Waals surface area contributed by atoms with Crippen molar-refractivity contribution in [3.05, 3.63) is 53.5 Å². The Labute approximate surface area is 129 Å². The van der Waals surface area contributed by atoms with Crippen molar-refractivity contribution in [2.24, 2.45) is 0 Å². The van der Waals surface area contributed by atoms with Crippen LogP contribution in [0.2, 0.25) is 0 Å². The zero-order valence-electron chi connectivity index (χ0n) is 12.8. The molecule has 114 valence electrons. The number of ether oxygens (including phenoxy) is 1. The summed E-state index contributed by atoms with van der Waals surface area (Å²) in [6.07, 6.45) is 2.52. The molecule has 0 radical (unpaired) electrons. The van der Waals surface area contributed by atoms with E-state index in [1.54, 1.807) is 7.11 Å². The fraction of sp³-hybridized carbons (Fsp3) is 0.294. The van der Waals surface area contributed by atoms with Gasteiger partial charge in [-0.1, -0.05) is 12.1 Å². The van der Waals surface area contributed by atoms with Crippen LogP contribution in [0.1, 0.15) is 17.0 Å². The summed E-state index contributed by atoms with van der Waals surface area (Å²) in [4.78, 5) is 9.15. The molecule has 0 saturated heterocycles. The van der Waals surface area contributed by atoms with Crippen LogP contribution in [0.15, 0.2) is 36.5 Å². The van der Waals surface area contributed by atoms with Crippen LogP contribution in [-0.2, 0) is 13.0 Å². The molecule has 0 fully saturated rings. The Bertz CT molecular complexity index is 778. The highest BCUT2D eigenvalue weighted by Gasteiger charge is 2.12. The predicted molar refractivity (Wildman–Crippen MR) is 85.2 cm³/mol. The molecular weight excluding hydrogens is 278 g/mol. The molecular formula is C17H19N3O2. The number of aliphatic hydroxyl groups excluding tert-OH is 1. The monoisotopic (exact) mass is 297 g/mol. The van der Waals surface area contributed by atoms with Crippen LogP contribution in [0.5, 0.6) is 5.75 Å². The van der Waals surface area contributed by atoms with Gasteiger partial charge in [0.1, 0.15) is 17.1 Å². The molecule has 0 saturated carbocycles. The molecule has 3 aromatic rings. The minimum atomic E-state index is 0.0661. The number of aromatic nitrogens is 3. The maximum Gasteiger partial charge on any atom is 0.160 e. The van der Waals surface area contributed by atoms with E-state index >= 15 is 0 Å². The summed E-state index contributed by atoms with van der Waals surface area (Å²) in [5.41, 5.74) is 3.92. The Morgan fingerprint density at radius 2 is 2.00 bits per heavy atom. The minimum absolute atomic E-state index is 0.0661. The Balaban J connectivity index is 1.99. The van der Waals surface area contributed by atoms with Crippen LogP contribution in [0, 0.1) is 6.92 Å². The van der Waals surface area contributed by atoms with Gasteiger partial charge < -0.3 is 14.4 Å². The van der Waals surface area contributed by atoms with Gasteiger partial charge in [-0.25, -0.2) is 9.97 Å². The molecule has 0 aliphatic heterocycles. The first-order valence-electron chi connectivity index (χ1n) is 7.27. The summed E-state index contributed by atoms with van der Waals surface area (Å²) >= 11 is 0. The van der Waals surface area contributed by atoms with E-state index in [1.807, 2.05) is 48.0 Å². The lowest BCUT2D eigenvalue weighted by Crippen LogP contribution is -2.08. The molecule has 0 aliphatic carbocycles. The molecule has 3 rings (SSSR count). The Kier molecular flexibility index (Phi) is 4.06. The van der Waals surface area contributed by atoms with Crippen LogP contribution < -0.4 is 4.74 Å². The smallest absolute Gasteiger partial charge is 0.160 e. The number of rotatable bonds is 5. The van der Waals surface area contributed by atoms with Crippen LogP contribution in [-0.4, -0.2) is 33.4 Å². The molecule has 0 spiro atoms. The van der Waals surface area contributed by atoms with Crippen molar-refractivity contribution < 1.29 is 9.84 Å². The van der Waals surface area contributed by atoms with Gasteiger partial charge in [0, 0.05) is 19.2 Å². The second kappa shape index (κ2) is 6.15. The number of benzene rings is 1. The van der Waals surface area contributed by atoms with Crippen LogP contribution in [0.3, 0.4) is 0 Å². The third kappa shape index (κ3) is 2.80. The third-order valence-electron chi connectivity index (χ3n) is 3.65. The predicted octanol–water partition coefficient (Wildman–Crippen LogP) is 2.33. The Morgan fingerprint density at radius 1 is 1.23 bits per heavy atom. The topological polar surface area (TPSA) is 60.2 Å². The van der Waals surface area contributed by atoms with Crippen LogP contribution in [0.25, 0.3) is 11.2 Å². The fourth-order valence-corrected chi connectivity index (χ4v) is 2.55. The number of aryl methyl sites for hydroxylation is 1. The van der Waals surface area contributed by atoms with Crippen molar-refractivity contribution in [3.8, 4) is 5.75 Å². The summed E-state index contributed by atoms with van der Waals surface area (Å²) in [6.45, 7) is 2.56. The van der Waals surface area contributed by atoms with Gasteiger partial charge >= 0.3 is 0 Å². The van der Waals surface area contributed by atoms with Crippen LogP contribution in [0.4, 0.5) is 0 Å². The van der Waals surface area contributed by atoms with Gasteiger partial charge in [-0.05, 0) is 36.2 Å². The normalized spacial score (nSPS) is 11.0. The van der Waals surface area contributed by atoms with E-state index in [9.17, 15) is 5.11 Å². The highest BCUT2D eigenvalue weighted by Crippen LogP contribution is 2.19. The second-order valence-electron chi connectivity index (χ2n) is 5.28. The number of pyridine rings is 1. The number of fused-ring (bicyclic) bond motifs is 1.